The van der Waals surface area contributed by atoms with Crippen molar-refractivity contribution in [2.24, 2.45) is 5.92 Å². The number of aromatic nitrogens is 2. The fourth-order valence-corrected chi connectivity index (χ4v) is 3.23. The second kappa shape index (κ2) is 5.82. The molecule has 1 saturated carbocycles. The molecule has 1 saturated heterocycles. The van der Waals surface area contributed by atoms with Crippen LogP contribution in [0.3, 0.4) is 0 Å². The van der Waals surface area contributed by atoms with Gasteiger partial charge < -0.3 is 4.74 Å². The minimum atomic E-state index is 0.000506. The third-order valence-corrected chi connectivity index (χ3v) is 4.57. The summed E-state index contributed by atoms with van der Waals surface area (Å²) < 4.78 is 7.08. The third kappa shape index (κ3) is 2.91. The molecular weight excluding hydrogens is 278 g/mol. The zero-order chi connectivity index (χ0) is 14.9. The molecule has 22 heavy (non-hydrogen) atoms. The Kier molecular flexibility index (Phi) is 3.68. The van der Waals surface area contributed by atoms with Crippen LogP contribution in [0.4, 0.5) is 0 Å². The Hall–Kier alpha value is -1.72. The molecule has 5 nitrogen and oxygen atoms in total. The number of rotatable bonds is 5. The van der Waals surface area contributed by atoms with Crippen molar-refractivity contribution >= 4 is 5.65 Å². The van der Waals surface area contributed by atoms with Crippen molar-refractivity contribution < 1.29 is 4.74 Å². The molecule has 5 heteroatoms. The van der Waals surface area contributed by atoms with Crippen molar-refractivity contribution in [2.45, 2.75) is 31.8 Å². The maximum absolute atomic E-state index is 12.2. The van der Waals surface area contributed by atoms with Gasteiger partial charge in [0.1, 0.15) is 5.65 Å². The maximum atomic E-state index is 12.2. The lowest BCUT2D eigenvalue weighted by molar-refractivity contribution is 0.161. The monoisotopic (exact) mass is 299 g/mol. The van der Waals surface area contributed by atoms with Crippen molar-refractivity contribution in [3.63, 3.8) is 0 Å². The van der Waals surface area contributed by atoms with Crippen LogP contribution in [0.15, 0.2) is 35.3 Å². The first kappa shape index (κ1) is 13.9. The van der Waals surface area contributed by atoms with Crippen molar-refractivity contribution in [2.75, 3.05) is 19.8 Å². The van der Waals surface area contributed by atoms with E-state index in [9.17, 15) is 4.79 Å². The number of hydrogen-bond donors (Lipinski definition) is 0. The van der Waals surface area contributed by atoms with Gasteiger partial charge in [-0.05, 0) is 37.3 Å². The quantitative estimate of drug-likeness (QED) is 0.843. The summed E-state index contributed by atoms with van der Waals surface area (Å²) in [5.74, 6) is 0.627. The summed E-state index contributed by atoms with van der Waals surface area (Å²) in [6.45, 7) is 3.58. The van der Waals surface area contributed by atoms with Crippen LogP contribution in [0.1, 0.15) is 25.0 Å². The van der Waals surface area contributed by atoms with Crippen molar-refractivity contribution in [1.29, 1.82) is 0 Å². The SMILES string of the molecule is O=c1cc(CN(C[C@H]2CCOC2)C2CC2)nc2ccccn12. The Labute approximate surface area is 129 Å². The molecule has 0 spiro atoms. The average molecular weight is 299 g/mol. The Morgan fingerprint density at radius 1 is 1.32 bits per heavy atom. The molecule has 2 aliphatic rings. The fraction of sp³-hybridized carbons (Fsp3) is 0.529. The Balaban J connectivity index is 1.56. The zero-order valence-corrected chi connectivity index (χ0v) is 12.6. The third-order valence-electron chi connectivity index (χ3n) is 4.57. The summed E-state index contributed by atoms with van der Waals surface area (Å²) in [7, 11) is 0. The smallest absolute Gasteiger partial charge is 0.258 e. The molecule has 2 aromatic heterocycles. The van der Waals surface area contributed by atoms with Crippen LogP contribution < -0.4 is 5.56 Å². The summed E-state index contributed by atoms with van der Waals surface area (Å²) in [6, 6.07) is 7.99. The molecule has 4 rings (SSSR count). The molecule has 2 fully saturated rings. The largest absolute Gasteiger partial charge is 0.381 e. The molecule has 116 valence electrons. The van der Waals surface area contributed by atoms with Crippen LogP contribution in [0.5, 0.6) is 0 Å². The molecule has 0 radical (unpaired) electrons. The van der Waals surface area contributed by atoms with Crippen molar-refractivity contribution in [3.05, 3.63) is 46.5 Å². The van der Waals surface area contributed by atoms with Crippen LogP contribution in [-0.4, -0.2) is 40.1 Å². The van der Waals surface area contributed by atoms with E-state index in [1.165, 1.54) is 12.8 Å². The van der Waals surface area contributed by atoms with E-state index in [4.69, 9.17) is 4.74 Å². The van der Waals surface area contributed by atoms with Gasteiger partial charge in [0.05, 0.1) is 12.3 Å². The van der Waals surface area contributed by atoms with Gasteiger partial charge in [0.2, 0.25) is 0 Å². The van der Waals surface area contributed by atoms with Gasteiger partial charge >= 0.3 is 0 Å². The van der Waals surface area contributed by atoms with Gasteiger partial charge in [-0.15, -0.1) is 0 Å². The standard InChI is InChI=1S/C17H21N3O2/c21-17-9-14(18-16-3-1-2-7-20(16)17)11-19(15-4-5-15)10-13-6-8-22-12-13/h1-3,7,9,13,15H,4-6,8,10-12H2/t13-/m1/s1. The van der Waals surface area contributed by atoms with E-state index in [0.29, 0.717) is 12.0 Å². The molecule has 0 bridgehead atoms. The summed E-state index contributed by atoms with van der Waals surface area (Å²) in [5, 5.41) is 0. The highest BCUT2D eigenvalue weighted by Gasteiger charge is 2.31. The van der Waals surface area contributed by atoms with E-state index >= 15 is 0 Å². The first-order valence-electron chi connectivity index (χ1n) is 8.09. The molecule has 3 heterocycles. The van der Waals surface area contributed by atoms with Gasteiger partial charge in [-0.1, -0.05) is 6.07 Å². The number of hydrogen-bond acceptors (Lipinski definition) is 4. The Morgan fingerprint density at radius 3 is 3.00 bits per heavy atom. The fourth-order valence-electron chi connectivity index (χ4n) is 3.23. The highest BCUT2D eigenvalue weighted by Crippen LogP contribution is 2.30. The Bertz CT molecular complexity index is 717. The maximum Gasteiger partial charge on any atom is 0.258 e. The first-order valence-corrected chi connectivity index (χ1v) is 8.09. The molecular formula is C17H21N3O2. The summed E-state index contributed by atoms with van der Waals surface area (Å²) in [5.41, 5.74) is 1.60. The molecule has 1 atom stereocenters. The molecule has 1 aliphatic carbocycles. The lowest BCUT2D eigenvalue weighted by atomic mass is 10.1. The number of nitrogens with zero attached hydrogens (tertiary/aromatic N) is 3. The van der Waals surface area contributed by atoms with Crippen LogP contribution in [0, 0.1) is 5.92 Å². The van der Waals surface area contributed by atoms with Crippen molar-refractivity contribution in [3.8, 4) is 0 Å². The molecule has 0 unspecified atom stereocenters. The normalized spacial score (nSPS) is 21.8. The van der Waals surface area contributed by atoms with Crippen LogP contribution in [-0.2, 0) is 11.3 Å². The first-order chi connectivity index (χ1) is 10.8. The predicted molar refractivity (Wildman–Crippen MR) is 83.8 cm³/mol. The minimum absolute atomic E-state index is 0.000506. The molecule has 0 N–H and O–H groups in total. The summed E-state index contributed by atoms with van der Waals surface area (Å²) in [4.78, 5) is 19.3. The average Bonchev–Trinajstić information content (AvgIpc) is 3.25. The second-order valence-electron chi connectivity index (χ2n) is 6.40. The molecule has 0 aromatic carbocycles. The van der Waals surface area contributed by atoms with E-state index in [0.717, 1.165) is 44.1 Å². The number of ether oxygens (including phenoxy) is 1. The highest BCUT2D eigenvalue weighted by molar-refractivity contribution is 5.38. The predicted octanol–water partition coefficient (Wildman–Crippen LogP) is 1.70. The second-order valence-corrected chi connectivity index (χ2v) is 6.40. The molecule has 0 amide bonds. The highest BCUT2D eigenvalue weighted by atomic mass is 16.5. The van der Waals surface area contributed by atoms with E-state index in [1.807, 2.05) is 18.2 Å². The van der Waals surface area contributed by atoms with E-state index in [1.54, 1.807) is 16.7 Å². The van der Waals surface area contributed by atoms with Crippen LogP contribution in [0.25, 0.3) is 5.65 Å². The van der Waals surface area contributed by atoms with Crippen LogP contribution >= 0.6 is 0 Å². The number of fused-ring (bicyclic) bond motifs is 1. The van der Waals surface area contributed by atoms with Gasteiger partial charge in [0.25, 0.3) is 5.56 Å². The van der Waals surface area contributed by atoms with Crippen LogP contribution in [0.2, 0.25) is 0 Å². The van der Waals surface area contributed by atoms with Gasteiger partial charge in [-0.3, -0.25) is 14.1 Å². The number of pyridine rings is 1. The molecule has 1 aliphatic heterocycles. The van der Waals surface area contributed by atoms with E-state index < -0.39 is 0 Å². The lowest BCUT2D eigenvalue weighted by Crippen LogP contribution is -2.32. The Morgan fingerprint density at radius 2 is 2.23 bits per heavy atom. The van der Waals surface area contributed by atoms with Gasteiger partial charge in [0.15, 0.2) is 0 Å². The van der Waals surface area contributed by atoms with E-state index in [-0.39, 0.29) is 5.56 Å². The zero-order valence-electron chi connectivity index (χ0n) is 12.6. The minimum Gasteiger partial charge on any atom is -0.381 e. The van der Waals surface area contributed by atoms with Crippen molar-refractivity contribution in [1.82, 2.24) is 14.3 Å². The summed E-state index contributed by atoms with van der Waals surface area (Å²) in [6.07, 6.45) is 5.44. The van der Waals surface area contributed by atoms with Gasteiger partial charge in [0, 0.05) is 38.0 Å². The lowest BCUT2D eigenvalue weighted by Gasteiger charge is -2.24. The van der Waals surface area contributed by atoms with Gasteiger partial charge in [-0.2, -0.15) is 0 Å². The summed E-state index contributed by atoms with van der Waals surface area (Å²) >= 11 is 0. The van der Waals surface area contributed by atoms with Gasteiger partial charge in [-0.25, -0.2) is 4.98 Å². The topological polar surface area (TPSA) is 46.8 Å². The van der Waals surface area contributed by atoms with E-state index in [2.05, 4.69) is 9.88 Å². The molecule has 2 aromatic rings.